The van der Waals surface area contributed by atoms with Gasteiger partial charge >= 0.3 is 0 Å². The Morgan fingerprint density at radius 1 is 1.40 bits per heavy atom. The van der Waals surface area contributed by atoms with Gasteiger partial charge in [-0.15, -0.1) is 0 Å². The van der Waals surface area contributed by atoms with Crippen LogP contribution >= 0.6 is 0 Å². The van der Waals surface area contributed by atoms with E-state index in [9.17, 15) is 4.79 Å². The fourth-order valence-electron chi connectivity index (χ4n) is 2.64. The van der Waals surface area contributed by atoms with Gasteiger partial charge in [0.2, 0.25) is 5.91 Å². The van der Waals surface area contributed by atoms with Gasteiger partial charge in [-0.25, -0.2) is 0 Å². The van der Waals surface area contributed by atoms with Gasteiger partial charge < -0.3 is 11.1 Å². The molecule has 3 heteroatoms. The Hall–Kier alpha value is -0.860. The lowest BCUT2D eigenvalue weighted by molar-refractivity contribution is -0.126. The van der Waals surface area contributed by atoms with Crippen molar-refractivity contribution in [3.63, 3.8) is 0 Å². The number of rotatable bonds is 4. The molecular formula is C12H22N2O. The van der Waals surface area contributed by atoms with Gasteiger partial charge in [0.05, 0.1) is 5.41 Å². The molecule has 1 saturated carbocycles. The van der Waals surface area contributed by atoms with E-state index in [-0.39, 0.29) is 11.8 Å². The maximum Gasteiger partial charge on any atom is 0.229 e. The zero-order valence-electron chi connectivity index (χ0n) is 9.81. The lowest BCUT2D eigenvalue weighted by atomic mass is 9.66. The van der Waals surface area contributed by atoms with Crippen LogP contribution in [0.3, 0.4) is 0 Å². The summed E-state index contributed by atoms with van der Waals surface area (Å²) in [6, 6.07) is 0. The van der Waals surface area contributed by atoms with Crippen LogP contribution in [0.15, 0.2) is 0 Å². The fraction of sp³-hybridized carbons (Fsp3) is 0.833. The number of nitrogens with two attached hydrogens (primary N) is 1. The summed E-state index contributed by atoms with van der Waals surface area (Å²) >= 11 is 0. The quantitative estimate of drug-likeness (QED) is 0.688. The van der Waals surface area contributed by atoms with Gasteiger partial charge in [-0.05, 0) is 32.1 Å². The molecule has 0 radical (unpaired) electrons. The van der Waals surface area contributed by atoms with Gasteiger partial charge in [0.15, 0.2) is 0 Å². The van der Waals surface area contributed by atoms with E-state index < -0.39 is 5.41 Å². The first-order valence-electron chi connectivity index (χ1n) is 5.91. The molecule has 0 heterocycles. The lowest BCUT2D eigenvalue weighted by Crippen LogP contribution is -2.47. The van der Waals surface area contributed by atoms with Gasteiger partial charge in [-0.1, -0.05) is 26.2 Å². The van der Waals surface area contributed by atoms with Crippen LogP contribution in [0, 0.1) is 16.7 Å². The Bertz CT molecular complexity index is 256. The molecule has 15 heavy (non-hydrogen) atoms. The second-order valence-electron chi connectivity index (χ2n) is 4.73. The molecule has 0 spiro atoms. The maximum atomic E-state index is 11.6. The van der Waals surface area contributed by atoms with Crippen molar-refractivity contribution in [1.82, 2.24) is 0 Å². The first-order chi connectivity index (χ1) is 7.03. The molecule has 0 aromatic rings. The van der Waals surface area contributed by atoms with Crippen LogP contribution < -0.4 is 5.73 Å². The topological polar surface area (TPSA) is 66.9 Å². The predicted molar refractivity (Wildman–Crippen MR) is 61.9 cm³/mol. The minimum atomic E-state index is -0.699. The Balaban J connectivity index is 2.88. The SMILES string of the molecule is CCC(=N)C(C)(C(N)=O)C1CCCCC1. The highest BCUT2D eigenvalue weighted by atomic mass is 16.1. The van der Waals surface area contributed by atoms with Crippen molar-refractivity contribution < 1.29 is 4.79 Å². The summed E-state index contributed by atoms with van der Waals surface area (Å²) in [6.07, 6.45) is 6.31. The monoisotopic (exact) mass is 210 g/mol. The molecular weight excluding hydrogens is 188 g/mol. The Morgan fingerprint density at radius 3 is 2.33 bits per heavy atom. The highest BCUT2D eigenvalue weighted by Gasteiger charge is 2.42. The molecule has 1 unspecified atom stereocenters. The second kappa shape index (κ2) is 4.77. The molecule has 0 aromatic carbocycles. The van der Waals surface area contributed by atoms with Crippen LogP contribution in [0.5, 0.6) is 0 Å². The standard InChI is InChI=1S/C12H22N2O/c1-3-10(13)12(2,11(14)15)9-7-5-4-6-8-9/h9,13H,3-8H2,1-2H3,(H2,14,15). The third-order valence-electron chi connectivity index (χ3n) is 3.91. The normalized spacial score (nSPS) is 22.0. The minimum Gasteiger partial charge on any atom is -0.369 e. The van der Waals surface area contributed by atoms with Gasteiger partial charge in [0.25, 0.3) is 0 Å². The molecule has 3 N–H and O–H groups in total. The Kier molecular flexibility index (Phi) is 3.89. The van der Waals surface area contributed by atoms with E-state index in [1.165, 1.54) is 19.3 Å². The van der Waals surface area contributed by atoms with E-state index in [4.69, 9.17) is 11.1 Å². The van der Waals surface area contributed by atoms with Crippen LogP contribution in [-0.4, -0.2) is 11.6 Å². The summed E-state index contributed by atoms with van der Waals surface area (Å²) in [5.74, 6) is -0.0301. The first kappa shape index (κ1) is 12.2. The third kappa shape index (κ3) is 2.21. The zero-order chi connectivity index (χ0) is 11.5. The zero-order valence-corrected chi connectivity index (χ0v) is 9.81. The van der Waals surface area contributed by atoms with E-state index in [2.05, 4.69) is 0 Å². The number of hydrogen-bond donors (Lipinski definition) is 2. The summed E-state index contributed by atoms with van der Waals surface area (Å²) in [7, 11) is 0. The predicted octanol–water partition coefficient (Wildman–Crippen LogP) is 2.49. The van der Waals surface area contributed by atoms with Crippen molar-refractivity contribution in [1.29, 1.82) is 5.41 Å². The molecule has 1 aliphatic carbocycles. The average molecular weight is 210 g/mol. The number of carbonyl (C=O) groups excluding carboxylic acids is 1. The second-order valence-corrected chi connectivity index (χ2v) is 4.73. The van der Waals surface area contributed by atoms with Crippen molar-refractivity contribution in [2.75, 3.05) is 0 Å². The van der Waals surface area contributed by atoms with E-state index in [0.717, 1.165) is 12.8 Å². The van der Waals surface area contributed by atoms with Crippen molar-refractivity contribution in [3.8, 4) is 0 Å². The lowest BCUT2D eigenvalue weighted by Gasteiger charge is -2.37. The van der Waals surface area contributed by atoms with Crippen LogP contribution in [0.4, 0.5) is 0 Å². The molecule has 1 fully saturated rings. The Morgan fingerprint density at radius 2 is 1.93 bits per heavy atom. The number of amides is 1. The number of nitrogens with one attached hydrogen (secondary N) is 1. The summed E-state index contributed by atoms with van der Waals surface area (Å²) in [4.78, 5) is 11.6. The summed E-state index contributed by atoms with van der Waals surface area (Å²) in [5, 5.41) is 7.96. The van der Waals surface area contributed by atoms with Crippen molar-refractivity contribution in [2.45, 2.75) is 52.4 Å². The molecule has 1 atom stereocenters. The largest absolute Gasteiger partial charge is 0.369 e. The van der Waals surface area contributed by atoms with Crippen LogP contribution in [0.1, 0.15) is 52.4 Å². The molecule has 0 bridgehead atoms. The molecule has 1 amide bonds. The maximum absolute atomic E-state index is 11.6. The highest BCUT2D eigenvalue weighted by Crippen LogP contribution is 2.39. The average Bonchev–Trinajstić information content (AvgIpc) is 2.27. The Labute approximate surface area is 91.9 Å². The van der Waals surface area contributed by atoms with E-state index in [1.54, 1.807) is 0 Å². The number of primary amides is 1. The molecule has 86 valence electrons. The smallest absolute Gasteiger partial charge is 0.229 e. The number of hydrogen-bond acceptors (Lipinski definition) is 2. The third-order valence-corrected chi connectivity index (χ3v) is 3.91. The van der Waals surface area contributed by atoms with Gasteiger partial charge in [-0.2, -0.15) is 0 Å². The first-order valence-corrected chi connectivity index (χ1v) is 5.91. The van der Waals surface area contributed by atoms with Crippen LogP contribution in [-0.2, 0) is 4.79 Å². The van der Waals surface area contributed by atoms with Crippen molar-refractivity contribution >= 4 is 11.6 Å². The van der Waals surface area contributed by atoms with Crippen LogP contribution in [0.2, 0.25) is 0 Å². The molecule has 0 saturated heterocycles. The van der Waals surface area contributed by atoms with Crippen molar-refractivity contribution in [3.05, 3.63) is 0 Å². The van der Waals surface area contributed by atoms with Gasteiger partial charge in [0, 0.05) is 5.71 Å². The molecule has 1 aliphatic rings. The van der Waals surface area contributed by atoms with E-state index >= 15 is 0 Å². The summed E-state index contributed by atoms with van der Waals surface area (Å²) in [5.41, 5.74) is 5.30. The minimum absolute atomic E-state index is 0.288. The molecule has 3 nitrogen and oxygen atoms in total. The summed E-state index contributed by atoms with van der Waals surface area (Å²) in [6.45, 7) is 3.78. The highest BCUT2D eigenvalue weighted by molar-refractivity contribution is 6.06. The fourth-order valence-corrected chi connectivity index (χ4v) is 2.64. The van der Waals surface area contributed by atoms with Gasteiger partial charge in [-0.3, -0.25) is 4.79 Å². The van der Waals surface area contributed by atoms with E-state index in [0.29, 0.717) is 12.1 Å². The molecule has 0 aliphatic heterocycles. The van der Waals surface area contributed by atoms with E-state index in [1.807, 2.05) is 13.8 Å². The molecule has 0 aromatic heterocycles. The molecule has 1 rings (SSSR count). The van der Waals surface area contributed by atoms with Gasteiger partial charge in [0.1, 0.15) is 0 Å². The summed E-state index contributed by atoms with van der Waals surface area (Å²) < 4.78 is 0. The van der Waals surface area contributed by atoms with Crippen molar-refractivity contribution in [2.24, 2.45) is 17.1 Å². The van der Waals surface area contributed by atoms with Crippen LogP contribution in [0.25, 0.3) is 0 Å². The number of carbonyl (C=O) groups is 1.